The quantitative estimate of drug-likeness (QED) is 0.589. The third kappa shape index (κ3) is 5.07. The molecule has 4 nitrogen and oxygen atoms in total. The molecule has 0 aromatic heterocycles. The summed E-state index contributed by atoms with van der Waals surface area (Å²) in [5, 5.41) is 3.04. The first-order valence-electron chi connectivity index (χ1n) is 9.32. The standard InChI is InChI=1S/C24H23NO3/c1-2-22(26)18-13-15-21(16-14-18)28-17-23(27)25-24(19-9-5-3-6-10-19)20-11-7-4-8-12-20/h3-16,24H,2,17H2,1H3,(H,25,27). The monoisotopic (exact) mass is 373 g/mol. The molecule has 28 heavy (non-hydrogen) atoms. The van der Waals surface area contributed by atoms with Crippen molar-refractivity contribution in [3.63, 3.8) is 0 Å². The minimum absolute atomic E-state index is 0.0813. The van der Waals surface area contributed by atoms with Gasteiger partial charge in [0.25, 0.3) is 5.91 Å². The predicted molar refractivity (Wildman–Crippen MR) is 109 cm³/mol. The van der Waals surface area contributed by atoms with Gasteiger partial charge < -0.3 is 10.1 Å². The lowest BCUT2D eigenvalue weighted by Crippen LogP contribution is -2.33. The number of carbonyl (C=O) groups is 2. The number of hydrogen-bond donors (Lipinski definition) is 1. The normalized spacial score (nSPS) is 10.5. The molecule has 0 aliphatic heterocycles. The molecule has 0 heterocycles. The van der Waals surface area contributed by atoms with Gasteiger partial charge in [-0.1, -0.05) is 67.6 Å². The largest absolute Gasteiger partial charge is 0.484 e. The topological polar surface area (TPSA) is 55.4 Å². The van der Waals surface area contributed by atoms with Crippen LogP contribution >= 0.6 is 0 Å². The number of Topliss-reactive ketones (excluding diaryl/α,β-unsaturated/α-hetero) is 1. The molecule has 1 amide bonds. The lowest BCUT2D eigenvalue weighted by Gasteiger charge is -2.20. The Hall–Kier alpha value is -3.40. The molecule has 4 heteroatoms. The van der Waals surface area contributed by atoms with Crippen molar-refractivity contribution >= 4 is 11.7 Å². The Bertz CT molecular complexity index is 866. The highest BCUT2D eigenvalue weighted by atomic mass is 16.5. The third-order valence-electron chi connectivity index (χ3n) is 4.44. The molecule has 0 bridgehead atoms. The predicted octanol–water partition coefficient (Wildman–Crippen LogP) is 4.56. The lowest BCUT2D eigenvalue weighted by atomic mass is 9.99. The smallest absolute Gasteiger partial charge is 0.258 e. The van der Waals surface area contributed by atoms with E-state index in [1.807, 2.05) is 67.6 Å². The first-order valence-corrected chi connectivity index (χ1v) is 9.32. The molecule has 3 aromatic carbocycles. The molecule has 3 rings (SSSR count). The summed E-state index contributed by atoms with van der Waals surface area (Å²) in [5.41, 5.74) is 2.65. The first kappa shape index (κ1) is 19.4. The first-order chi connectivity index (χ1) is 13.7. The maximum Gasteiger partial charge on any atom is 0.258 e. The Morgan fingerprint density at radius 1 is 0.821 bits per heavy atom. The Morgan fingerprint density at radius 3 is 1.86 bits per heavy atom. The molecule has 0 saturated heterocycles. The van der Waals surface area contributed by atoms with Crippen LogP contribution in [0.2, 0.25) is 0 Å². The third-order valence-corrected chi connectivity index (χ3v) is 4.44. The Morgan fingerprint density at radius 2 is 1.36 bits per heavy atom. The molecule has 0 atom stereocenters. The van der Waals surface area contributed by atoms with Crippen LogP contribution < -0.4 is 10.1 Å². The van der Waals surface area contributed by atoms with E-state index >= 15 is 0 Å². The van der Waals surface area contributed by atoms with Gasteiger partial charge in [-0.2, -0.15) is 0 Å². The molecule has 0 aliphatic carbocycles. The average molecular weight is 373 g/mol. The van der Waals surface area contributed by atoms with Crippen LogP contribution in [0.15, 0.2) is 84.9 Å². The van der Waals surface area contributed by atoms with Gasteiger partial charge >= 0.3 is 0 Å². The van der Waals surface area contributed by atoms with E-state index in [2.05, 4.69) is 5.32 Å². The van der Waals surface area contributed by atoms with E-state index in [0.29, 0.717) is 17.7 Å². The number of amides is 1. The van der Waals surface area contributed by atoms with Gasteiger partial charge in [0.1, 0.15) is 5.75 Å². The van der Waals surface area contributed by atoms with Gasteiger partial charge in [-0.25, -0.2) is 0 Å². The van der Waals surface area contributed by atoms with Crippen molar-refractivity contribution in [2.75, 3.05) is 6.61 Å². The molecule has 0 radical (unpaired) electrons. The number of carbonyl (C=O) groups excluding carboxylic acids is 2. The molecule has 142 valence electrons. The van der Waals surface area contributed by atoms with E-state index in [-0.39, 0.29) is 24.3 Å². The molecule has 1 N–H and O–H groups in total. The zero-order valence-corrected chi connectivity index (χ0v) is 15.8. The minimum atomic E-state index is -0.247. The van der Waals surface area contributed by atoms with Gasteiger partial charge in [0.05, 0.1) is 6.04 Å². The van der Waals surface area contributed by atoms with Crippen LogP contribution in [0.25, 0.3) is 0 Å². The summed E-state index contributed by atoms with van der Waals surface area (Å²) < 4.78 is 5.59. The van der Waals surface area contributed by atoms with Crippen LogP contribution in [0, 0.1) is 0 Å². The number of rotatable bonds is 8. The van der Waals surface area contributed by atoms with Crippen molar-refractivity contribution in [1.82, 2.24) is 5.32 Å². The van der Waals surface area contributed by atoms with Crippen molar-refractivity contribution < 1.29 is 14.3 Å². The fourth-order valence-corrected chi connectivity index (χ4v) is 2.94. The van der Waals surface area contributed by atoms with Crippen LogP contribution in [0.4, 0.5) is 0 Å². The Balaban J connectivity index is 1.65. The fourth-order valence-electron chi connectivity index (χ4n) is 2.94. The van der Waals surface area contributed by atoms with E-state index in [9.17, 15) is 9.59 Å². The van der Waals surface area contributed by atoms with Crippen molar-refractivity contribution in [3.8, 4) is 5.75 Å². The second-order valence-corrected chi connectivity index (χ2v) is 6.41. The molecule has 0 aliphatic rings. The van der Waals surface area contributed by atoms with E-state index < -0.39 is 0 Å². The van der Waals surface area contributed by atoms with Crippen molar-refractivity contribution in [2.24, 2.45) is 0 Å². The molecule has 0 fully saturated rings. The van der Waals surface area contributed by atoms with E-state index in [1.54, 1.807) is 24.3 Å². The van der Waals surface area contributed by atoms with Crippen LogP contribution in [0.1, 0.15) is 40.9 Å². The second kappa shape index (κ2) is 9.51. The second-order valence-electron chi connectivity index (χ2n) is 6.41. The summed E-state index contributed by atoms with van der Waals surface area (Å²) in [6.07, 6.45) is 0.461. The van der Waals surface area contributed by atoms with E-state index in [0.717, 1.165) is 11.1 Å². The van der Waals surface area contributed by atoms with Crippen molar-refractivity contribution in [3.05, 3.63) is 102 Å². The summed E-state index contributed by atoms with van der Waals surface area (Å²) in [6.45, 7) is 1.73. The highest BCUT2D eigenvalue weighted by molar-refractivity contribution is 5.95. The number of hydrogen-bond acceptors (Lipinski definition) is 3. The van der Waals surface area contributed by atoms with Gasteiger partial charge in [-0.3, -0.25) is 9.59 Å². The molecular formula is C24H23NO3. The van der Waals surface area contributed by atoms with Gasteiger partial charge in [-0.15, -0.1) is 0 Å². The highest BCUT2D eigenvalue weighted by Gasteiger charge is 2.16. The van der Waals surface area contributed by atoms with Crippen molar-refractivity contribution in [2.45, 2.75) is 19.4 Å². The van der Waals surface area contributed by atoms with E-state index in [1.165, 1.54) is 0 Å². The summed E-state index contributed by atoms with van der Waals surface area (Å²) >= 11 is 0. The van der Waals surface area contributed by atoms with Gasteiger partial charge in [0.15, 0.2) is 12.4 Å². The molecule has 0 saturated carbocycles. The van der Waals surface area contributed by atoms with Gasteiger partial charge in [-0.05, 0) is 35.4 Å². The number of nitrogens with one attached hydrogen (secondary N) is 1. The number of ketones is 1. The van der Waals surface area contributed by atoms with Gasteiger partial charge in [0, 0.05) is 12.0 Å². The SMILES string of the molecule is CCC(=O)c1ccc(OCC(=O)NC(c2ccccc2)c2ccccc2)cc1. The molecule has 0 spiro atoms. The zero-order chi connectivity index (χ0) is 19.8. The van der Waals surface area contributed by atoms with Crippen LogP contribution in [-0.4, -0.2) is 18.3 Å². The lowest BCUT2D eigenvalue weighted by molar-refractivity contribution is -0.123. The van der Waals surface area contributed by atoms with Gasteiger partial charge in [0.2, 0.25) is 0 Å². The average Bonchev–Trinajstić information content (AvgIpc) is 2.77. The Kier molecular flexibility index (Phi) is 6.58. The minimum Gasteiger partial charge on any atom is -0.484 e. The van der Waals surface area contributed by atoms with E-state index in [4.69, 9.17) is 4.74 Å². The fraction of sp³-hybridized carbons (Fsp3) is 0.167. The maximum absolute atomic E-state index is 12.5. The van der Waals surface area contributed by atoms with Crippen molar-refractivity contribution in [1.29, 1.82) is 0 Å². The summed E-state index contributed by atoms with van der Waals surface area (Å²) in [7, 11) is 0. The van der Waals surface area contributed by atoms with Crippen LogP contribution in [-0.2, 0) is 4.79 Å². The molecule has 0 unspecified atom stereocenters. The molecular weight excluding hydrogens is 350 g/mol. The van der Waals surface area contributed by atoms with Crippen LogP contribution in [0.3, 0.4) is 0 Å². The molecule has 3 aromatic rings. The summed E-state index contributed by atoms with van der Waals surface area (Å²) in [4.78, 5) is 24.2. The highest BCUT2D eigenvalue weighted by Crippen LogP contribution is 2.21. The summed E-state index contributed by atoms with van der Waals surface area (Å²) in [6, 6.07) is 26.3. The Labute approximate surface area is 165 Å². The maximum atomic E-state index is 12.5. The number of ether oxygens (including phenoxy) is 1. The zero-order valence-electron chi connectivity index (χ0n) is 15.8. The number of benzene rings is 3. The summed E-state index contributed by atoms with van der Waals surface area (Å²) in [5.74, 6) is 0.419. The van der Waals surface area contributed by atoms with Crippen LogP contribution in [0.5, 0.6) is 5.75 Å².